The van der Waals surface area contributed by atoms with Gasteiger partial charge in [-0.05, 0) is 62.9 Å². The standard InChI is InChI=1S/C23H25F5N2O6S2/c1-22(2,38(34,35)19-12-15(6-9-29-19)23(26,27)28)14-7-10-30(11-8-14)20(31)17-5-4-16(36-21(24)25)13-18(17)37(3,32)33/h4-6,9,12-14,21H,7-8,10-11H2,1-3H3. The molecule has 0 radical (unpaired) electrons. The quantitative estimate of drug-likeness (QED) is 0.449. The molecule has 2 aromatic rings. The summed E-state index contributed by atoms with van der Waals surface area (Å²) < 4.78 is 118. The van der Waals surface area contributed by atoms with Gasteiger partial charge >= 0.3 is 12.8 Å². The van der Waals surface area contributed by atoms with Crippen LogP contribution in [-0.2, 0) is 25.9 Å². The van der Waals surface area contributed by atoms with Crippen LogP contribution in [0.15, 0.2) is 46.5 Å². The lowest BCUT2D eigenvalue weighted by Gasteiger charge is -2.40. The number of benzene rings is 1. The fourth-order valence-corrected chi connectivity index (χ4v) is 6.91. The molecule has 210 valence electrons. The second kappa shape index (κ2) is 10.4. The van der Waals surface area contributed by atoms with Crippen LogP contribution in [0.1, 0.15) is 42.6 Å². The van der Waals surface area contributed by atoms with Crippen LogP contribution in [0.3, 0.4) is 0 Å². The van der Waals surface area contributed by atoms with Crippen molar-refractivity contribution in [2.75, 3.05) is 19.3 Å². The number of amides is 1. The monoisotopic (exact) mass is 584 g/mol. The third kappa shape index (κ3) is 6.08. The summed E-state index contributed by atoms with van der Waals surface area (Å²) in [6.07, 6.45) is -2.86. The van der Waals surface area contributed by atoms with Gasteiger partial charge in [0.25, 0.3) is 5.91 Å². The van der Waals surface area contributed by atoms with E-state index < -0.39 is 70.3 Å². The molecule has 0 bridgehead atoms. The lowest BCUT2D eigenvalue weighted by molar-refractivity contribution is -0.137. The number of carbonyl (C=O) groups excluding carboxylic acids is 1. The van der Waals surface area contributed by atoms with E-state index in [1.54, 1.807) is 0 Å². The molecule has 15 heteroatoms. The Kier molecular flexibility index (Phi) is 8.14. The lowest BCUT2D eigenvalue weighted by Crippen LogP contribution is -2.48. The Labute approximate surface area is 216 Å². The highest BCUT2D eigenvalue weighted by atomic mass is 32.2. The summed E-state index contributed by atoms with van der Waals surface area (Å²) in [6.45, 7) is -0.381. The number of ether oxygens (including phenoxy) is 1. The van der Waals surface area contributed by atoms with Crippen molar-refractivity contribution in [1.29, 1.82) is 0 Å². The Balaban J connectivity index is 1.81. The summed E-state index contributed by atoms with van der Waals surface area (Å²) >= 11 is 0. The van der Waals surface area contributed by atoms with Crippen molar-refractivity contribution in [3.63, 3.8) is 0 Å². The van der Waals surface area contributed by atoms with Gasteiger partial charge in [0.2, 0.25) is 9.84 Å². The molecule has 38 heavy (non-hydrogen) atoms. The Morgan fingerprint density at radius 1 is 1.05 bits per heavy atom. The second-order valence-corrected chi connectivity index (χ2v) is 13.8. The molecular weight excluding hydrogens is 559 g/mol. The predicted octanol–water partition coefficient (Wildman–Crippen LogP) is 4.21. The molecule has 8 nitrogen and oxygen atoms in total. The van der Waals surface area contributed by atoms with Gasteiger partial charge in [-0.1, -0.05) is 0 Å². The first-order valence-corrected chi connectivity index (χ1v) is 14.6. The minimum absolute atomic E-state index is 0.0248. The summed E-state index contributed by atoms with van der Waals surface area (Å²) in [5, 5.41) is -0.709. The first kappa shape index (κ1) is 29.7. The molecule has 1 amide bonds. The SMILES string of the molecule is CC(C)(C1CCN(C(=O)c2ccc(OC(F)F)cc2S(C)(=O)=O)CC1)S(=O)(=O)c1cc(C(F)(F)F)ccn1. The maximum Gasteiger partial charge on any atom is 0.416 e. The molecule has 2 heterocycles. The molecule has 1 aromatic carbocycles. The van der Waals surface area contributed by atoms with E-state index in [9.17, 15) is 43.6 Å². The number of piperidine rings is 1. The fourth-order valence-electron chi connectivity index (χ4n) is 4.33. The highest BCUT2D eigenvalue weighted by Crippen LogP contribution is 2.39. The van der Waals surface area contributed by atoms with Crippen LogP contribution in [0, 0.1) is 5.92 Å². The number of aromatic nitrogens is 1. The van der Waals surface area contributed by atoms with Crippen molar-refractivity contribution >= 4 is 25.6 Å². The van der Waals surface area contributed by atoms with Gasteiger partial charge in [0.1, 0.15) is 5.75 Å². The van der Waals surface area contributed by atoms with Gasteiger partial charge in [-0.25, -0.2) is 21.8 Å². The first-order chi connectivity index (χ1) is 17.4. The van der Waals surface area contributed by atoms with Crippen LogP contribution in [0.5, 0.6) is 5.75 Å². The average Bonchev–Trinajstić information content (AvgIpc) is 2.82. The van der Waals surface area contributed by atoms with Crippen LogP contribution in [-0.4, -0.2) is 63.3 Å². The third-order valence-corrected chi connectivity index (χ3v) is 10.2. The first-order valence-electron chi connectivity index (χ1n) is 11.2. The summed E-state index contributed by atoms with van der Waals surface area (Å²) in [4.78, 5) is 17.6. The number of alkyl halides is 5. The maximum absolute atomic E-state index is 13.3. The number of hydrogen-bond acceptors (Lipinski definition) is 7. The molecule has 1 fully saturated rings. The molecule has 0 saturated carbocycles. The fraction of sp³-hybridized carbons (Fsp3) is 0.478. The van der Waals surface area contributed by atoms with E-state index in [1.807, 2.05) is 0 Å². The van der Waals surface area contributed by atoms with Crippen LogP contribution in [0.4, 0.5) is 22.0 Å². The van der Waals surface area contributed by atoms with Gasteiger partial charge in [0.15, 0.2) is 14.9 Å². The van der Waals surface area contributed by atoms with Gasteiger partial charge in [-0.3, -0.25) is 4.79 Å². The Morgan fingerprint density at radius 3 is 2.18 bits per heavy atom. The Morgan fingerprint density at radius 2 is 1.66 bits per heavy atom. The van der Waals surface area contributed by atoms with E-state index in [0.29, 0.717) is 12.1 Å². The Hall–Kier alpha value is -2.81. The van der Waals surface area contributed by atoms with Crippen LogP contribution in [0.2, 0.25) is 0 Å². The summed E-state index contributed by atoms with van der Waals surface area (Å²) in [5.74, 6) is -1.71. The zero-order valence-corrected chi connectivity index (χ0v) is 22.1. The van der Waals surface area contributed by atoms with E-state index in [-0.39, 0.29) is 31.5 Å². The number of carbonyl (C=O) groups is 1. The zero-order chi connectivity index (χ0) is 28.7. The molecular formula is C23H25F5N2O6S2. The van der Waals surface area contributed by atoms with Crippen LogP contribution >= 0.6 is 0 Å². The van der Waals surface area contributed by atoms with E-state index >= 15 is 0 Å². The molecule has 0 atom stereocenters. The van der Waals surface area contributed by atoms with Crippen molar-refractivity contribution < 1.29 is 48.3 Å². The number of rotatable bonds is 7. The molecule has 0 N–H and O–H groups in total. The maximum atomic E-state index is 13.3. The molecule has 1 aliphatic heterocycles. The second-order valence-electron chi connectivity index (χ2n) is 9.36. The van der Waals surface area contributed by atoms with Crippen LogP contribution in [0.25, 0.3) is 0 Å². The smallest absolute Gasteiger partial charge is 0.416 e. The number of pyridine rings is 1. The average molecular weight is 585 g/mol. The third-order valence-electron chi connectivity index (χ3n) is 6.60. The number of halogens is 5. The summed E-state index contributed by atoms with van der Waals surface area (Å²) in [5.41, 5.74) is -1.40. The minimum Gasteiger partial charge on any atom is -0.435 e. The number of sulfone groups is 2. The number of likely N-dealkylation sites (tertiary alicyclic amines) is 1. The number of hydrogen-bond donors (Lipinski definition) is 0. The topological polar surface area (TPSA) is 111 Å². The summed E-state index contributed by atoms with van der Waals surface area (Å²) in [7, 11) is -8.33. The van der Waals surface area contributed by atoms with E-state index in [4.69, 9.17) is 0 Å². The van der Waals surface area contributed by atoms with Crippen molar-refractivity contribution in [1.82, 2.24) is 9.88 Å². The van der Waals surface area contributed by atoms with Gasteiger partial charge < -0.3 is 9.64 Å². The highest BCUT2D eigenvalue weighted by Gasteiger charge is 2.46. The van der Waals surface area contributed by atoms with Gasteiger partial charge in [0, 0.05) is 25.5 Å². The van der Waals surface area contributed by atoms with E-state index in [2.05, 4.69) is 9.72 Å². The van der Waals surface area contributed by atoms with Crippen molar-refractivity contribution in [2.24, 2.45) is 5.92 Å². The van der Waals surface area contributed by atoms with E-state index in [1.165, 1.54) is 18.7 Å². The van der Waals surface area contributed by atoms with Crippen molar-refractivity contribution in [3.8, 4) is 5.75 Å². The van der Waals surface area contributed by atoms with Crippen LogP contribution < -0.4 is 4.74 Å². The predicted molar refractivity (Wildman–Crippen MR) is 125 cm³/mol. The number of nitrogens with zero attached hydrogens (tertiary/aromatic N) is 2. The molecule has 0 unspecified atom stereocenters. The summed E-state index contributed by atoms with van der Waals surface area (Å²) in [6, 6.07) is 4.10. The lowest BCUT2D eigenvalue weighted by atomic mass is 9.85. The zero-order valence-electron chi connectivity index (χ0n) is 20.5. The molecule has 1 aliphatic rings. The largest absolute Gasteiger partial charge is 0.435 e. The van der Waals surface area contributed by atoms with Crippen molar-refractivity contribution in [3.05, 3.63) is 47.7 Å². The molecule has 1 aromatic heterocycles. The van der Waals surface area contributed by atoms with Gasteiger partial charge in [0.05, 0.1) is 20.8 Å². The molecule has 3 rings (SSSR count). The van der Waals surface area contributed by atoms with E-state index in [0.717, 1.165) is 30.7 Å². The minimum atomic E-state index is -4.75. The molecule has 1 saturated heterocycles. The van der Waals surface area contributed by atoms with Crippen molar-refractivity contribution in [2.45, 2.75) is 54.1 Å². The normalized spacial score (nSPS) is 16.1. The van der Waals surface area contributed by atoms with Gasteiger partial charge in [-0.2, -0.15) is 22.0 Å². The highest BCUT2D eigenvalue weighted by molar-refractivity contribution is 7.92. The van der Waals surface area contributed by atoms with Gasteiger partial charge in [-0.15, -0.1) is 0 Å². The Bertz CT molecular complexity index is 1420. The molecule has 0 aliphatic carbocycles. The molecule has 0 spiro atoms.